The van der Waals surface area contributed by atoms with Crippen LogP contribution in [0.2, 0.25) is 5.02 Å². The first kappa shape index (κ1) is 19.3. The normalized spacial score (nSPS) is 17.0. The van der Waals surface area contributed by atoms with E-state index in [1.807, 2.05) is 43.3 Å². The molecule has 7 heteroatoms. The largest absolute Gasteiger partial charge is 0.493 e. The molecule has 2 aromatic carbocycles. The van der Waals surface area contributed by atoms with Crippen LogP contribution in [-0.4, -0.2) is 36.7 Å². The minimum Gasteiger partial charge on any atom is -0.493 e. The smallest absolute Gasteiger partial charge is 0.266 e. The Bertz CT molecular complexity index is 910. The molecule has 0 saturated carbocycles. The van der Waals surface area contributed by atoms with Gasteiger partial charge in [-0.25, -0.2) is 4.99 Å². The Kier molecular flexibility index (Phi) is 6.08. The molecule has 0 N–H and O–H groups in total. The second-order valence-corrected chi connectivity index (χ2v) is 7.13. The van der Waals surface area contributed by atoms with E-state index in [1.54, 1.807) is 26.3 Å². The Morgan fingerprint density at radius 1 is 1.19 bits per heavy atom. The van der Waals surface area contributed by atoms with Gasteiger partial charge in [0.1, 0.15) is 0 Å². The summed E-state index contributed by atoms with van der Waals surface area (Å²) in [5.74, 6) is 1.21. The zero-order valence-electron chi connectivity index (χ0n) is 15.2. The third-order valence-electron chi connectivity index (χ3n) is 3.84. The van der Waals surface area contributed by atoms with Gasteiger partial charge in [0.2, 0.25) is 0 Å². The molecule has 2 aromatic rings. The second-order valence-electron chi connectivity index (χ2n) is 5.69. The molecule has 1 heterocycles. The number of amidine groups is 1. The quantitative estimate of drug-likeness (QED) is 0.662. The molecule has 0 radical (unpaired) electrons. The maximum atomic E-state index is 12.6. The lowest BCUT2D eigenvalue weighted by atomic mass is 10.2. The van der Waals surface area contributed by atoms with Crippen LogP contribution in [0.15, 0.2) is 52.4 Å². The standard InChI is InChI=1S/C20H19ClN2O3S/c1-4-26-17-11-13(5-10-16(17)25-3)12-18-19(24)23(2)20(27-18)22-15-8-6-14(21)7-9-15/h5-12H,4H2,1-3H3. The zero-order chi connectivity index (χ0) is 19.4. The fraction of sp³-hybridized carbons (Fsp3) is 0.200. The Balaban J connectivity index is 1.88. The van der Waals surface area contributed by atoms with E-state index in [0.29, 0.717) is 33.2 Å². The van der Waals surface area contributed by atoms with Gasteiger partial charge in [0.05, 0.1) is 24.3 Å². The average molecular weight is 403 g/mol. The maximum Gasteiger partial charge on any atom is 0.266 e. The van der Waals surface area contributed by atoms with Crippen LogP contribution in [0.4, 0.5) is 5.69 Å². The number of hydrogen-bond donors (Lipinski definition) is 0. The first-order chi connectivity index (χ1) is 13.0. The number of rotatable bonds is 5. The fourth-order valence-electron chi connectivity index (χ4n) is 2.48. The van der Waals surface area contributed by atoms with E-state index >= 15 is 0 Å². The van der Waals surface area contributed by atoms with E-state index in [4.69, 9.17) is 21.1 Å². The number of halogens is 1. The molecule has 1 aliphatic heterocycles. The highest BCUT2D eigenvalue weighted by Crippen LogP contribution is 2.35. The van der Waals surface area contributed by atoms with Crippen molar-refractivity contribution in [2.75, 3.05) is 20.8 Å². The molecule has 1 fully saturated rings. The Morgan fingerprint density at radius 3 is 2.59 bits per heavy atom. The molecular weight excluding hydrogens is 384 g/mol. The van der Waals surface area contributed by atoms with E-state index in [-0.39, 0.29) is 5.91 Å². The minimum atomic E-state index is -0.0958. The number of amides is 1. The molecular formula is C20H19ClN2O3S. The van der Waals surface area contributed by atoms with E-state index in [9.17, 15) is 4.79 Å². The van der Waals surface area contributed by atoms with Crippen molar-refractivity contribution in [1.82, 2.24) is 4.90 Å². The van der Waals surface area contributed by atoms with Gasteiger partial charge in [-0.15, -0.1) is 0 Å². The first-order valence-electron chi connectivity index (χ1n) is 8.34. The molecule has 0 spiro atoms. The van der Waals surface area contributed by atoms with Gasteiger partial charge < -0.3 is 9.47 Å². The summed E-state index contributed by atoms with van der Waals surface area (Å²) in [5, 5.41) is 1.26. The van der Waals surface area contributed by atoms with Gasteiger partial charge in [-0.3, -0.25) is 9.69 Å². The number of hydrogen-bond acceptors (Lipinski definition) is 5. The second kappa shape index (κ2) is 8.50. The van der Waals surface area contributed by atoms with Gasteiger partial charge in [0.25, 0.3) is 5.91 Å². The summed E-state index contributed by atoms with van der Waals surface area (Å²) in [6.07, 6.45) is 1.83. The van der Waals surface area contributed by atoms with Crippen molar-refractivity contribution >= 4 is 46.2 Å². The summed E-state index contributed by atoms with van der Waals surface area (Å²) in [5.41, 5.74) is 1.60. The van der Waals surface area contributed by atoms with Crippen LogP contribution in [0.1, 0.15) is 12.5 Å². The molecule has 0 aromatic heterocycles. The van der Waals surface area contributed by atoms with Crippen LogP contribution in [-0.2, 0) is 4.79 Å². The predicted octanol–water partition coefficient (Wildman–Crippen LogP) is 4.98. The molecule has 5 nitrogen and oxygen atoms in total. The van der Waals surface area contributed by atoms with Crippen LogP contribution in [0.5, 0.6) is 11.5 Å². The molecule has 0 atom stereocenters. The Hall–Kier alpha value is -2.44. The topological polar surface area (TPSA) is 51.1 Å². The highest BCUT2D eigenvalue weighted by molar-refractivity contribution is 8.18. The van der Waals surface area contributed by atoms with Crippen molar-refractivity contribution in [3.8, 4) is 11.5 Å². The molecule has 1 aliphatic rings. The SMILES string of the molecule is CCOc1cc(C=C2SC(=Nc3ccc(Cl)cc3)N(C)C2=O)ccc1OC. The Morgan fingerprint density at radius 2 is 1.93 bits per heavy atom. The maximum absolute atomic E-state index is 12.6. The number of thioether (sulfide) groups is 1. The zero-order valence-corrected chi connectivity index (χ0v) is 16.8. The van der Waals surface area contributed by atoms with Crippen LogP contribution >= 0.6 is 23.4 Å². The van der Waals surface area contributed by atoms with Crippen LogP contribution in [0.25, 0.3) is 6.08 Å². The number of likely N-dealkylation sites (N-methyl/N-ethyl adjacent to an activating group) is 1. The highest BCUT2D eigenvalue weighted by Gasteiger charge is 2.30. The van der Waals surface area contributed by atoms with Gasteiger partial charge >= 0.3 is 0 Å². The summed E-state index contributed by atoms with van der Waals surface area (Å²) in [6.45, 7) is 2.44. The van der Waals surface area contributed by atoms with Gasteiger partial charge in [-0.2, -0.15) is 0 Å². The summed E-state index contributed by atoms with van der Waals surface area (Å²) in [4.78, 5) is 19.2. The van der Waals surface area contributed by atoms with E-state index in [2.05, 4.69) is 4.99 Å². The molecule has 1 amide bonds. The van der Waals surface area contributed by atoms with Gasteiger partial charge in [0.15, 0.2) is 16.7 Å². The molecule has 27 heavy (non-hydrogen) atoms. The van der Waals surface area contributed by atoms with E-state index in [0.717, 1.165) is 11.3 Å². The number of carbonyl (C=O) groups excluding carboxylic acids is 1. The lowest BCUT2D eigenvalue weighted by Gasteiger charge is -2.09. The van der Waals surface area contributed by atoms with Gasteiger partial charge in [0, 0.05) is 12.1 Å². The molecule has 0 bridgehead atoms. The summed E-state index contributed by atoms with van der Waals surface area (Å²) < 4.78 is 10.9. The van der Waals surface area contributed by atoms with Crippen molar-refractivity contribution in [3.63, 3.8) is 0 Å². The van der Waals surface area contributed by atoms with Crippen LogP contribution in [0, 0.1) is 0 Å². The average Bonchev–Trinajstić information content (AvgIpc) is 2.92. The Labute approximate surface area is 167 Å². The molecule has 0 aliphatic carbocycles. The van der Waals surface area contributed by atoms with Gasteiger partial charge in [-0.05, 0) is 66.7 Å². The van der Waals surface area contributed by atoms with Crippen molar-refractivity contribution in [2.24, 2.45) is 4.99 Å². The number of ether oxygens (including phenoxy) is 2. The molecule has 1 saturated heterocycles. The van der Waals surface area contributed by atoms with Crippen molar-refractivity contribution < 1.29 is 14.3 Å². The summed E-state index contributed by atoms with van der Waals surface area (Å²) >= 11 is 7.24. The van der Waals surface area contributed by atoms with E-state index in [1.165, 1.54) is 16.7 Å². The van der Waals surface area contributed by atoms with Crippen LogP contribution < -0.4 is 9.47 Å². The number of nitrogens with zero attached hydrogens (tertiary/aromatic N) is 2. The monoisotopic (exact) mass is 402 g/mol. The lowest BCUT2D eigenvalue weighted by Crippen LogP contribution is -2.23. The summed E-state index contributed by atoms with van der Waals surface area (Å²) in [7, 11) is 3.31. The molecule has 140 valence electrons. The van der Waals surface area contributed by atoms with Crippen molar-refractivity contribution in [3.05, 3.63) is 58.0 Å². The van der Waals surface area contributed by atoms with Crippen molar-refractivity contribution in [1.29, 1.82) is 0 Å². The third-order valence-corrected chi connectivity index (χ3v) is 5.15. The molecule has 0 unspecified atom stereocenters. The lowest BCUT2D eigenvalue weighted by molar-refractivity contribution is -0.121. The number of benzene rings is 2. The number of aliphatic imine (C=N–C) groups is 1. The highest BCUT2D eigenvalue weighted by atomic mass is 35.5. The third kappa shape index (κ3) is 4.46. The predicted molar refractivity (Wildman–Crippen MR) is 111 cm³/mol. The van der Waals surface area contributed by atoms with Crippen LogP contribution in [0.3, 0.4) is 0 Å². The fourth-order valence-corrected chi connectivity index (χ4v) is 3.59. The minimum absolute atomic E-state index is 0.0958. The summed E-state index contributed by atoms with van der Waals surface area (Å²) in [6, 6.07) is 12.7. The van der Waals surface area contributed by atoms with E-state index < -0.39 is 0 Å². The van der Waals surface area contributed by atoms with Crippen molar-refractivity contribution in [2.45, 2.75) is 6.92 Å². The number of methoxy groups -OCH3 is 1. The molecule has 3 rings (SSSR count). The first-order valence-corrected chi connectivity index (χ1v) is 9.54. The number of carbonyl (C=O) groups is 1. The van der Waals surface area contributed by atoms with Gasteiger partial charge in [-0.1, -0.05) is 17.7 Å².